The van der Waals surface area contributed by atoms with E-state index in [0.717, 1.165) is 29.7 Å². The van der Waals surface area contributed by atoms with Crippen LogP contribution in [0.4, 0.5) is 10.1 Å². The van der Waals surface area contributed by atoms with E-state index < -0.39 is 5.82 Å². The van der Waals surface area contributed by atoms with Gasteiger partial charge in [0.25, 0.3) is 0 Å². The van der Waals surface area contributed by atoms with Gasteiger partial charge in [0.2, 0.25) is 5.91 Å². The predicted molar refractivity (Wildman–Crippen MR) is 101 cm³/mol. The Labute approximate surface area is 154 Å². The third kappa shape index (κ3) is 4.82. The second-order valence-electron chi connectivity index (χ2n) is 6.71. The van der Waals surface area contributed by atoms with Crippen molar-refractivity contribution in [3.05, 3.63) is 59.4 Å². The van der Waals surface area contributed by atoms with E-state index in [1.165, 1.54) is 6.07 Å². The summed E-state index contributed by atoms with van der Waals surface area (Å²) in [6.45, 7) is 5.31. The number of carbonyl (C=O) groups excluding carboxylic acids is 1. The number of rotatable bonds is 8. The molecule has 138 valence electrons. The zero-order valence-electron chi connectivity index (χ0n) is 15.3. The van der Waals surface area contributed by atoms with Gasteiger partial charge in [0.05, 0.1) is 18.8 Å². The molecule has 5 heteroatoms. The van der Waals surface area contributed by atoms with Gasteiger partial charge in [-0.05, 0) is 50.5 Å². The number of amides is 1. The molecule has 0 spiro atoms. The van der Waals surface area contributed by atoms with Crippen LogP contribution in [0.25, 0.3) is 0 Å². The quantitative estimate of drug-likeness (QED) is 0.773. The van der Waals surface area contributed by atoms with E-state index in [0.29, 0.717) is 19.2 Å². The first-order valence-electron chi connectivity index (χ1n) is 9.07. The maximum Gasteiger partial charge on any atom is 0.238 e. The molecule has 0 aliphatic heterocycles. The Bertz CT molecular complexity index is 774. The topological polar surface area (TPSA) is 41.6 Å². The highest BCUT2D eigenvalue weighted by Crippen LogP contribution is 2.30. The first-order chi connectivity index (χ1) is 12.6. The molecule has 0 atom stereocenters. The molecule has 1 aliphatic rings. The molecule has 1 aliphatic carbocycles. The second kappa shape index (κ2) is 8.32. The molecule has 26 heavy (non-hydrogen) atoms. The molecule has 0 bridgehead atoms. The number of nitrogens with one attached hydrogen (secondary N) is 1. The van der Waals surface area contributed by atoms with Crippen LogP contribution in [0.15, 0.2) is 42.5 Å². The van der Waals surface area contributed by atoms with E-state index in [9.17, 15) is 9.18 Å². The lowest BCUT2D eigenvalue weighted by molar-refractivity contribution is -0.117. The highest BCUT2D eigenvalue weighted by molar-refractivity contribution is 5.92. The fourth-order valence-corrected chi connectivity index (χ4v) is 3.01. The Morgan fingerprint density at radius 2 is 2.04 bits per heavy atom. The zero-order valence-corrected chi connectivity index (χ0v) is 15.3. The molecule has 0 radical (unpaired) electrons. The normalized spacial score (nSPS) is 13.7. The molecular weight excluding hydrogens is 331 g/mol. The summed E-state index contributed by atoms with van der Waals surface area (Å²) in [6.07, 6.45) is 2.17. The van der Waals surface area contributed by atoms with Crippen LogP contribution >= 0.6 is 0 Å². The molecule has 0 saturated heterocycles. The van der Waals surface area contributed by atoms with Crippen molar-refractivity contribution in [2.45, 2.75) is 39.3 Å². The zero-order chi connectivity index (χ0) is 18.5. The van der Waals surface area contributed by atoms with Crippen LogP contribution in [0, 0.1) is 12.7 Å². The van der Waals surface area contributed by atoms with Gasteiger partial charge in [-0.15, -0.1) is 0 Å². The molecule has 0 heterocycles. The molecule has 1 fully saturated rings. The van der Waals surface area contributed by atoms with Gasteiger partial charge in [-0.2, -0.15) is 0 Å². The Balaban J connectivity index is 1.67. The summed E-state index contributed by atoms with van der Waals surface area (Å²) in [5.41, 5.74) is 2.21. The summed E-state index contributed by atoms with van der Waals surface area (Å²) in [4.78, 5) is 14.6. The average molecular weight is 356 g/mol. The van der Waals surface area contributed by atoms with Gasteiger partial charge in [-0.3, -0.25) is 9.69 Å². The van der Waals surface area contributed by atoms with Crippen LogP contribution in [0.3, 0.4) is 0 Å². The third-order valence-electron chi connectivity index (χ3n) is 4.45. The van der Waals surface area contributed by atoms with Crippen molar-refractivity contribution in [1.29, 1.82) is 0 Å². The summed E-state index contributed by atoms with van der Waals surface area (Å²) >= 11 is 0. The standard InChI is InChI=1S/C21H25FN2O2/c1-3-26-20-7-5-4-6-16(20)13-24(17-9-10-17)14-21(25)23-19-12-15(2)8-11-18(19)22/h4-8,11-12,17H,3,9-10,13-14H2,1-2H3,(H,23,25). The van der Waals surface area contributed by atoms with Crippen molar-refractivity contribution in [3.63, 3.8) is 0 Å². The minimum Gasteiger partial charge on any atom is -0.494 e. The minimum absolute atomic E-state index is 0.199. The van der Waals surface area contributed by atoms with Gasteiger partial charge in [0, 0.05) is 18.2 Å². The van der Waals surface area contributed by atoms with Gasteiger partial charge >= 0.3 is 0 Å². The van der Waals surface area contributed by atoms with Crippen LogP contribution in [0.1, 0.15) is 30.9 Å². The SMILES string of the molecule is CCOc1ccccc1CN(CC(=O)Nc1cc(C)ccc1F)C1CC1. The number of aryl methyl sites for hydroxylation is 1. The third-order valence-corrected chi connectivity index (χ3v) is 4.45. The van der Waals surface area contributed by atoms with Crippen molar-refractivity contribution in [2.75, 3.05) is 18.5 Å². The molecular formula is C21H25FN2O2. The van der Waals surface area contributed by atoms with Gasteiger partial charge < -0.3 is 10.1 Å². The minimum atomic E-state index is -0.413. The van der Waals surface area contributed by atoms with Gasteiger partial charge in [0.15, 0.2) is 0 Å². The number of nitrogens with zero attached hydrogens (tertiary/aromatic N) is 1. The smallest absolute Gasteiger partial charge is 0.238 e. The van der Waals surface area contributed by atoms with Crippen molar-refractivity contribution < 1.29 is 13.9 Å². The first-order valence-corrected chi connectivity index (χ1v) is 9.07. The average Bonchev–Trinajstić information content (AvgIpc) is 3.44. The number of anilines is 1. The van der Waals surface area contributed by atoms with Gasteiger partial charge in [-0.1, -0.05) is 24.3 Å². The van der Waals surface area contributed by atoms with Crippen LogP contribution in [0.2, 0.25) is 0 Å². The van der Waals surface area contributed by atoms with Gasteiger partial charge in [-0.25, -0.2) is 4.39 Å². The van der Waals surface area contributed by atoms with Crippen LogP contribution in [-0.2, 0) is 11.3 Å². The summed E-state index contributed by atoms with van der Waals surface area (Å²) in [5, 5.41) is 2.70. The lowest BCUT2D eigenvalue weighted by Gasteiger charge is -2.23. The van der Waals surface area contributed by atoms with Crippen molar-refractivity contribution in [2.24, 2.45) is 0 Å². The van der Waals surface area contributed by atoms with E-state index in [-0.39, 0.29) is 18.1 Å². The number of hydrogen-bond acceptors (Lipinski definition) is 3. The summed E-state index contributed by atoms with van der Waals surface area (Å²) in [5.74, 6) is 0.240. The largest absolute Gasteiger partial charge is 0.494 e. The Hall–Kier alpha value is -2.40. The molecule has 1 saturated carbocycles. The number of benzene rings is 2. The number of hydrogen-bond donors (Lipinski definition) is 1. The summed E-state index contributed by atoms with van der Waals surface area (Å²) in [7, 11) is 0. The van der Waals surface area contributed by atoms with E-state index in [2.05, 4.69) is 10.2 Å². The van der Waals surface area contributed by atoms with E-state index in [1.807, 2.05) is 38.1 Å². The predicted octanol–water partition coefficient (Wildman–Crippen LogP) is 4.14. The lowest BCUT2D eigenvalue weighted by atomic mass is 10.2. The summed E-state index contributed by atoms with van der Waals surface area (Å²) < 4.78 is 19.6. The summed E-state index contributed by atoms with van der Waals surface area (Å²) in [6, 6.07) is 13.0. The Morgan fingerprint density at radius 1 is 1.27 bits per heavy atom. The van der Waals surface area contributed by atoms with Crippen molar-refractivity contribution in [3.8, 4) is 5.75 Å². The lowest BCUT2D eigenvalue weighted by Crippen LogP contribution is -2.34. The molecule has 2 aromatic rings. The second-order valence-corrected chi connectivity index (χ2v) is 6.71. The van der Waals surface area contributed by atoms with Gasteiger partial charge in [0.1, 0.15) is 11.6 Å². The molecule has 1 amide bonds. The van der Waals surface area contributed by atoms with E-state index in [1.54, 1.807) is 12.1 Å². The van der Waals surface area contributed by atoms with Crippen LogP contribution in [0.5, 0.6) is 5.75 Å². The molecule has 1 N–H and O–H groups in total. The monoisotopic (exact) mass is 356 g/mol. The van der Waals surface area contributed by atoms with Crippen LogP contribution < -0.4 is 10.1 Å². The number of carbonyl (C=O) groups is 1. The number of para-hydroxylation sites is 1. The Kier molecular flexibility index (Phi) is 5.89. The highest BCUT2D eigenvalue weighted by Gasteiger charge is 2.31. The van der Waals surface area contributed by atoms with Crippen molar-refractivity contribution >= 4 is 11.6 Å². The van der Waals surface area contributed by atoms with E-state index >= 15 is 0 Å². The molecule has 3 rings (SSSR count). The molecule has 4 nitrogen and oxygen atoms in total. The fraction of sp³-hybridized carbons (Fsp3) is 0.381. The molecule has 0 unspecified atom stereocenters. The Morgan fingerprint density at radius 3 is 2.77 bits per heavy atom. The highest BCUT2D eigenvalue weighted by atomic mass is 19.1. The van der Waals surface area contributed by atoms with Crippen molar-refractivity contribution in [1.82, 2.24) is 4.90 Å². The first kappa shape index (κ1) is 18.4. The maximum absolute atomic E-state index is 13.9. The fourth-order valence-electron chi connectivity index (χ4n) is 3.01. The molecule has 2 aromatic carbocycles. The van der Waals surface area contributed by atoms with E-state index in [4.69, 9.17) is 4.74 Å². The molecule has 0 aromatic heterocycles. The van der Waals surface area contributed by atoms with Crippen LogP contribution in [-0.4, -0.2) is 30.0 Å². The number of ether oxygens (including phenoxy) is 1. The maximum atomic E-state index is 13.9. The number of halogens is 1.